The van der Waals surface area contributed by atoms with Crippen LogP contribution in [0.25, 0.3) is 22.3 Å². The molecule has 1 fully saturated rings. The molecule has 144 valence electrons. The zero-order chi connectivity index (χ0) is 18.3. The van der Waals surface area contributed by atoms with Crippen molar-refractivity contribution in [2.75, 3.05) is 18.0 Å². The van der Waals surface area contributed by atoms with Crippen LogP contribution in [0.15, 0.2) is 30.3 Å². The van der Waals surface area contributed by atoms with Crippen LogP contribution in [0, 0.1) is 6.92 Å². The lowest BCUT2D eigenvalue weighted by atomic mass is 10.1. The van der Waals surface area contributed by atoms with Crippen LogP contribution >= 0.6 is 12.4 Å². The predicted octanol–water partition coefficient (Wildman–Crippen LogP) is 5.36. The molecule has 0 bridgehead atoms. The van der Waals surface area contributed by atoms with Crippen LogP contribution in [-0.4, -0.2) is 28.0 Å². The SMILES string of the molecule is Cc1nc(N2CCCCC2)c2[nH]c(-c3cccc(C(F)(F)F)c3)cc2n1.Cl. The second-order valence-corrected chi connectivity index (χ2v) is 6.66. The van der Waals surface area contributed by atoms with E-state index in [2.05, 4.69) is 19.9 Å². The molecule has 2 aromatic heterocycles. The Kier molecular flexibility index (Phi) is 5.33. The van der Waals surface area contributed by atoms with Crippen molar-refractivity contribution in [3.8, 4) is 11.3 Å². The number of aromatic amines is 1. The van der Waals surface area contributed by atoms with Gasteiger partial charge in [-0.15, -0.1) is 12.4 Å². The second-order valence-electron chi connectivity index (χ2n) is 6.66. The second kappa shape index (κ2) is 7.38. The standard InChI is InChI=1S/C19H19F3N4.ClH/c1-12-23-16-11-15(13-6-5-7-14(10-13)19(20,21)22)25-17(16)18(24-12)26-8-3-2-4-9-26;/h5-7,10-11,25H,2-4,8-9H2,1H3;1H. The molecule has 3 aromatic rings. The van der Waals surface area contributed by atoms with E-state index in [0.717, 1.165) is 54.9 Å². The molecule has 0 unspecified atom stereocenters. The zero-order valence-electron chi connectivity index (χ0n) is 14.8. The van der Waals surface area contributed by atoms with Gasteiger partial charge in [-0.3, -0.25) is 0 Å². The molecule has 0 spiro atoms. The van der Waals surface area contributed by atoms with Gasteiger partial charge in [0.25, 0.3) is 0 Å². The van der Waals surface area contributed by atoms with Gasteiger partial charge in [0.1, 0.15) is 11.3 Å². The number of nitrogens with zero attached hydrogens (tertiary/aromatic N) is 3. The fourth-order valence-electron chi connectivity index (χ4n) is 3.46. The Morgan fingerprint density at radius 1 is 1.04 bits per heavy atom. The molecule has 4 nitrogen and oxygen atoms in total. The van der Waals surface area contributed by atoms with Gasteiger partial charge in [-0.05, 0) is 49.9 Å². The number of aryl methyl sites for hydroxylation is 1. The van der Waals surface area contributed by atoms with Crippen LogP contribution in [0.4, 0.5) is 19.0 Å². The van der Waals surface area contributed by atoms with Crippen molar-refractivity contribution in [3.05, 3.63) is 41.7 Å². The number of alkyl halides is 3. The first-order chi connectivity index (χ1) is 12.4. The number of nitrogens with one attached hydrogen (secondary N) is 1. The molecule has 0 atom stereocenters. The summed E-state index contributed by atoms with van der Waals surface area (Å²) in [4.78, 5) is 14.5. The van der Waals surface area contributed by atoms with Crippen LogP contribution in [0.3, 0.4) is 0 Å². The van der Waals surface area contributed by atoms with Crippen molar-refractivity contribution >= 4 is 29.3 Å². The first-order valence-corrected chi connectivity index (χ1v) is 8.72. The number of halogens is 4. The number of aromatic nitrogens is 3. The molecule has 3 heterocycles. The summed E-state index contributed by atoms with van der Waals surface area (Å²) in [5.74, 6) is 1.50. The highest BCUT2D eigenvalue weighted by atomic mass is 35.5. The average molecular weight is 397 g/mol. The van der Waals surface area contributed by atoms with E-state index in [-0.39, 0.29) is 12.4 Å². The highest BCUT2D eigenvalue weighted by Gasteiger charge is 2.30. The Morgan fingerprint density at radius 2 is 1.78 bits per heavy atom. The average Bonchev–Trinajstić information content (AvgIpc) is 3.05. The quantitative estimate of drug-likeness (QED) is 0.633. The van der Waals surface area contributed by atoms with Gasteiger partial charge in [-0.2, -0.15) is 13.2 Å². The Labute approximate surface area is 161 Å². The van der Waals surface area contributed by atoms with Crippen molar-refractivity contribution in [2.24, 2.45) is 0 Å². The summed E-state index contributed by atoms with van der Waals surface area (Å²) < 4.78 is 39.0. The van der Waals surface area contributed by atoms with Gasteiger partial charge in [0.05, 0.1) is 11.1 Å². The van der Waals surface area contributed by atoms with Crippen molar-refractivity contribution in [1.82, 2.24) is 15.0 Å². The lowest BCUT2D eigenvalue weighted by molar-refractivity contribution is -0.137. The molecule has 8 heteroatoms. The summed E-state index contributed by atoms with van der Waals surface area (Å²) in [6.45, 7) is 3.71. The molecule has 1 aliphatic rings. The third-order valence-corrected chi connectivity index (χ3v) is 4.73. The third-order valence-electron chi connectivity index (χ3n) is 4.73. The minimum Gasteiger partial charge on any atom is -0.355 e. The van der Waals surface area contributed by atoms with Crippen LogP contribution in [0.5, 0.6) is 0 Å². The number of benzene rings is 1. The molecule has 0 amide bonds. The fraction of sp³-hybridized carbons (Fsp3) is 0.368. The van der Waals surface area contributed by atoms with E-state index >= 15 is 0 Å². The zero-order valence-corrected chi connectivity index (χ0v) is 15.6. The predicted molar refractivity (Wildman–Crippen MR) is 102 cm³/mol. The summed E-state index contributed by atoms with van der Waals surface area (Å²) >= 11 is 0. The topological polar surface area (TPSA) is 44.8 Å². The Morgan fingerprint density at radius 3 is 2.48 bits per heavy atom. The van der Waals surface area contributed by atoms with Crippen LogP contribution in [-0.2, 0) is 6.18 Å². The molecule has 0 radical (unpaired) electrons. The number of anilines is 1. The highest BCUT2D eigenvalue weighted by Crippen LogP contribution is 2.34. The van der Waals surface area contributed by atoms with Crippen molar-refractivity contribution in [2.45, 2.75) is 32.4 Å². The van der Waals surface area contributed by atoms with E-state index in [4.69, 9.17) is 0 Å². The minimum atomic E-state index is -4.36. The van der Waals surface area contributed by atoms with E-state index in [9.17, 15) is 13.2 Å². The molecular weight excluding hydrogens is 377 g/mol. The normalized spacial score (nSPS) is 15.0. The Balaban J connectivity index is 0.00000210. The molecule has 1 N–H and O–H groups in total. The van der Waals surface area contributed by atoms with Gasteiger partial charge in [0, 0.05) is 18.8 Å². The largest absolute Gasteiger partial charge is 0.416 e. The molecule has 0 saturated carbocycles. The van der Waals surface area contributed by atoms with Gasteiger partial charge in [-0.1, -0.05) is 12.1 Å². The fourth-order valence-corrected chi connectivity index (χ4v) is 3.46. The van der Waals surface area contributed by atoms with Crippen molar-refractivity contribution in [1.29, 1.82) is 0 Å². The van der Waals surface area contributed by atoms with E-state index in [1.165, 1.54) is 12.5 Å². The van der Waals surface area contributed by atoms with Gasteiger partial charge in [0.15, 0.2) is 5.82 Å². The summed E-state index contributed by atoms with van der Waals surface area (Å²) in [6, 6.07) is 7.13. The first-order valence-electron chi connectivity index (χ1n) is 8.72. The number of hydrogen-bond donors (Lipinski definition) is 1. The molecular formula is C19H20ClF3N4. The lowest BCUT2D eigenvalue weighted by Gasteiger charge is -2.28. The van der Waals surface area contributed by atoms with Crippen molar-refractivity contribution in [3.63, 3.8) is 0 Å². The van der Waals surface area contributed by atoms with Crippen LogP contribution in [0.1, 0.15) is 30.7 Å². The Bertz CT molecular complexity index is 946. The van der Waals surface area contributed by atoms with Crippen molar-refractivity contribution < 1.29 is 13.2 Å². The van der Waals surface area contributed by atoms with Gasteiger partial charge in [0.2, 0.25) is 0 Å². The van der Waals surface area contributed by atoms with E-state index in [1.807, 2.05) is 6.92 Å². The van der Waals surface area contributed by atoms with Gasteiger partial charge >= 0.3 is 6.18 Å². The van der Waals surface area contributed by atoms with E-state index in [0.29, 0.717) is 17.1 Å². The smallest absolute Gasteiger partial charge is 0.355 e. The lowest BCUT2D eigenvalue weighted by Crippen LogP contribution is -2.30. The number of fused-ring (bicyclic) bond motifs is 1. The van der Waals surface area contributed by atoms with Gasteiger partial charge < -0.3 is 9.88 Å². The maximum Gasteiger partial charge on any atom is 0.416 e. The minimum absolute atomic E-state index is 0. The summed E-state index contributed by atoms with van der Waals surface area (Å²) in [7, 11) is 0. The molecule has 27 heavy (non-hydrogen) atoms. The number of H-pyrrole nitrogens is 1. The molecule has 1 aliphatic heterocycles. The summed E-state index contributed by atoms with van der Waals surface area (Å²) in [5.41, 5.74) is 1.95. The van der Waals surface area contributed by atoms with E-state index in [1.54, 1.807) is 12.1 Å². The van der Waals surface area contributed by atoms with E-state index < -0.39 is 11.7 Å². The summed E-state index contributed by atoms with van der Waals surface area (Å²) in [5, 5.41) is 0. The molecule has 1 aromatic carbocycles. The van der Waals surface area contributed by atoms with Crippen LogP contribution in [0.2, 0.25) is 0 Å². The van der Waals surface area contributed by atoms with Gasteiger partial charge in [-0.25, -0.2) is 9.97 Å². The maximum atomic E-state index is 13.0. The molecule has 1 saturated heterocycles. The highest BCUT2D eigenvalue weighted by molar-refractivity contribution is 5.91. The number of rotatable bonds is 2. The maximum absolute atomic E-state index is 13.0. The first kappa shape index (κ1) is 19.5. The van der Waals surface area contributed by atoms with Crippen LogP contribution < -0.4 is 4.90 Å². The Hall–Kier alpha value is -2.28. The number of piperidine rings is 1. The molecule has 4 rings (SSSR count). The summed E-state index contributed by atoms with van der Waals surface area (Å²) in [6.07, 6.45) is -0.918. The monoisotopic (exact) mass is 396 g/mol. The molecule has 0 aliphatic carbocycles. The number of hydrogen-bond acceptors (Lipinski definition) is 3. The third kappa shape index (κ3) is 3.88.